The summed E-state index contributed by atoms with van der Waals surface area (Å²) in [5.74, 6) is -0.559. The zero-order chi connectivity index (χ0) is 18.1. The van der Waals surface area contributed by atoms with Gasteiger partial charge in [0.25, 0.3) is 0 Å². The van der Waals surface area contributed by atoms with Crippen molar-refractivity contribution in [3.05, 3.63) is 24.0 Å². The molecular formula is C15H19ClFNO5S. The summed E-state index contributed by atoms with van der Waals surface area (Å²) in [6.45, 7) is 5.17. The SMILES string of the molecule is CC(C)(C)OC(=O)N1c2cc(F)ccc2OCC1CCS(=O)(=O)Cl. The molecule has 1 atom stereocenters. The van der Waals surface area contributed by atoms with Crippen LogP contribution in [0.2, 0.25) is 0 Å². The van der Waals surface area contributed by atoms with E-state index in [1.807, 2.05) is 0 Å². The summed E-state index contributed by atoms with van der Waals surface area (Å²) in [6, 6.07) is 3.15. The highest BCUT2D eigenvalue weighted by Gasteiger charge is 2.36. The van der Waals surface area contributed by atoms with Crippen molar-refractivity contribution in [1.29, 1.82) is 0 Å². The first-order valence-corrected chi connectivity index (χ1v) is 9.81. The minimum absolute atomic E-state index is 0.0427. The molecule has 0 saturated carbocycles. The van der Waals surface area contributed by atoms with Gasteiger partial charge in [-0.15, -0.1) is 0 Å². The third kappa shape index (κ3) is 4.98. The molecule has 24 heavy (non-hydrogen) atoms. The summed E-state index contributed by atoms with van der Waals surface area (Å²) < 4.78 is 46.9. The maximum Gasteiger partial charge on any atom is 0.415 e. The fourth-order valence-corrected chi connectivity index (χ4v) is 3.13. The summed E-state index contributed by atoms with van der Waals surface area (Å²) in [5.41, 5.74) is -0.557. The van der Waals surface area contributed by atoms with E-state index >= 15 is 0 Å². The Morgan fingerprint density at radius 3 is 2.71 bits per heavy atom. The molecule has 1 heterocycles. The quantitative estimate of drug-likeness (QED) is 0.753. The van der Waals surface area contributed by atoms with Gasteiger partial charge in [-0.05, 0) is 39.3 Å². The molecule has 134 valence electrons. The van der Waals surface area contributed by atoms with Gasteiger partial charge in [-0.25, -0.2) is 17.6 Å². The monoisotopic (exact) mass is 379 g/mol. The summed E-state index contributed by atoms with van der Waals surface area (Å²) in [7, 11) is 1.52. The molecule has 1 aliphatic heterocycles. The van der Waals surface area contributed by atoms with E-state index < -0.39 is 32.6 Å². The maximum atomic E-state index is 13.6. The van der Waals surface area contributed by atoms with Gasteiger partial charge in [0.15, 0.2) is 0 Å². The summed E-state index contributed by atoms with van der Waals surface area (Å²) in [5, 5.41) is 0. The number of fused-ring (bicyclic) bond motifs is 1. The molecule has 2 rings (SSSR count). The Balaban J connectivity index is 2.35. The van der Waals surface area contributed by atoms with Crippen molar-refractivity contribution in [2.24, 2.45) is 0 Å². The van der Waals surface area contributed by atoms with Gasteiger partial charge in [0.05, 0.1) is 17.5 Å². The van der Waals surface area contributed by atoms with Gasteiger partial charge in [-0.1, -0.05) is 0 Å². The molecular weight excluding hydrogens is 361 g/mol. The summed E-state index contributed by atoms with van der Waals surface area (Å²) in [6.07, 6.45) is -0.657. The maximum absolute atomic E-state index is 13.6. The highest BCUT2D eigenvalue weighted by molar-refractivity contribution is 8.13. The Morgan fingerprint density at radius 1 is 1.46 bits per heavy atom. The second-order valence-electron chi connectivity index (χ2n) is 6.46. The molecule has 0 N–H and O–H groups in total. The van der Waals surface area contributed by atoms with Gasteiger partial charge < -0.3 is 9.47 Å². The van der Waals surface area contributed by atoms with E-state index in [4.69, 9.17) is 20.2 Å². The average Bonchev–Trinajstić information content (AvgIpc) is 2.41. The van der Waals surface area contributed by atoms with Crippen molar-refractivity contribution in [1.82, 2.24) is 0 Å². The van der Waals surface area contributed by atoms with Crippen LogP contribution in [0.5, 0.6) is 5.75 Å². The number of hydrogen-bond donors (Lipinski definition) is 0. The number of hydrogen-bond acceptors (Lipinski definition) is 5. The van der Waals surface area contributed by atoms with Gasteiger partial charge in [0.2, 0.25) is 9.05 Å². The lowest BCUT2D eigenvalue weighted by molar-refractivity contribution is 0.0542. The van der Waals surface area contributed by atoms with Crippen LogP contribution in [0.4, 0.5) is 14.9 Å². The number of benzene rings is 1. The molecule has 0 aliphatic carbocycles. The van der Waals surface area contributed by atoms with Crippen LogP contribution in [0.25, 0.3) is 0 Å². The number of rotatable bonds is 3. The fourth-order valence-electron chi connectivity index (χ4n) is 2.31. The van der Waals surface area contributed by atoms with E-state index in [0.717, 1.165) is 6.07 Å². The minimum Gasteiger partial charge on any atom is -0.489 e. The molecule has 6 nitrogen and oxygen atoms in total. The number of amides is 1. The molecule has 0 radical (unpaired) electrons. The molecule has 1 aliphatic rings. The Hall–Kier alpha value is -1.54. The second kappa shape index (κ2) is 6.76. The predicted molar refractivity (Wildman–Crippen MR) is 88.7 cm³/mol. The normalized spacial score (nSPS) is 17.9. The van der Waals surface area contributed by atoms with Crippen LogP contribution >= 0.6 is 10.7 Å². The van der Waals surface area contributed by atoms with E-state index in [0.29, 0.717) is 5.75 Å². The van der Waals surface area contributed by atoms with Gasteiger partial charge in [-0.3, -0.25) is 4.90 Å². The van der Waals surface area contributed by atoms with Crippen LogP contribution < -0.4 is 9.64 Å². The molecule has 1 unspecified atom stereocenters. The van der Waals surface area contributed by atoms with Crippen LogP contribution in [0.15, 0.2) is 18.2 Å². The highest BCUT2D eigenvalue weighted by Crippen LogP contribution is 2.36. The lowest BCUT2D eigenvalue weighted by Gasteiger charge is -2.37. The Bertz CT molecular complexity index is 732. The minimum atomic E-state index is -3.73. The number of carbonyl (C=O) groups excluding carboxylic acids is 1. The molecule has 0 saturated heterocycles. The lowest BCUT2D eigenvalue weighted by atomic mass is 10.1. The first kappa shape index (κ1) is 18.8. The van der Waals surface area contributed by atoms with Crippen LogP contribution in [-0.2, 0) is 13.8 Å². The van der Waals surface area contributed by atoms with E-state index in [2.05, 4.69) is 0 Å². The van der Waals surface area contributed by atoms with Crippen molar-refractivity contribution in [2.75, 3.05) is 17.3 Å². The van der Waals surface area contributed by atoms with Crippen LogP contribution in [0.3, 0.4) is 0 Å². The zero-order valence-electron chi connectivity index (χ0n) is 13.6. The summed E-state index contributed by atoms with van der Waals surface area (Å²) in [4.78, 5) is 13.8. The van der Waals surface area contributed by atoms with E-state index in [9.17, 15) is 17.6 Å². The number of carbonyl (C=O) groups is 1. The lowest BCUT2D eigenvalue weighted by Crippen LogP contribution is -2.49. The third-order valence-corrected chi connectivity index (χ3v) is 4.45. The van der Waals surface area contributed by atoms with Crippen molar-refractivity contribution in [2.45, 2.75) is 38.8 Å². The molecule has 1 aromatic carbocycles. The fraction of sp³-hybridized carbons (Fsp3) is 0.533. The van der Waals surface area contributed by atoms with Crippen molar-refractivity contribution >= 4 is 31.5 Å². The average molecular weight is 380 g/mol. The topological polar surface area (TPSA) is 72.9 Å². The Morgan fingerprint density at radius 2 is 2.12 bits per heavy atom. The van der Waals surface area contributed by atoms with Gasteiger partial charge in [0, 0.05) is 16.7 Å². The van der Waals surface area contributed by atoms with Crippen LogP contribution in [0, 0.1) is 5.82 Å². The van der Waals surface area contributed by atoms with Gasteiger partial charge >= 0.3 is 6.09 Å². The molecule has 0 aromatic heterocycles. The number of anilines is 1. The van der Waals surface area contributed by atoms with E-state index in [1.165, 1.54) is 17.0 Å². The van der Waals surface area contributed by atoms with Crippen molar-refractivity contribution in [3.63, 3.8) is 0 Å². The number of nitrogens with zero attached hydrogens (tertiary/aromatic N) is 1. The molecule has 1 aromatic rings. The number of ether oxygens (including phenoxy) is 2. The molecule has 0 bridgehead atoms. The van der Waals surface area contributed by atoms with Crippen LogP contribution in [-0.4, -0.2) is 38.5 Å². The zero-order valence-corrected chi connectivity index (χ0v) is 15.2. The molecule has 0 spiro atoms. The highest BCUT2D eigenvalue weighted by atomic mass is 35.7. The van der Waals surface area contributed by atoms with E-state index in [-0.39, 0.29) is 24.5 Å². The summed E-state index contributed by atoms with van der Waals surface area (Å²) >= 11 is 0. The van der Waals surface area contributed by atoms with E-state index in [1.54, 1.807) is 20.8 Å². The van der Waals surface area contributed by atoms with Gasteiger partial charge in [0.1, 0.15) is 23.8 Å². The number of halogens is 2. The Kier molecular flexibility index (Phi) is 5.29. The second-order valence-corrected chi connectivity index (χ2v) is 9.36. The molecule has 9 heteroatoms. The first-order valence-electron chi connectivity index (χ1n) is 7.33. The largest absolute Gasteiger partial charge is 0.489 e. The molecule has 1 amide bonds. The smallest absolute Gasteiger partial charge is 0.415 e. The van der Waals surface area contributed by atoms with Crippen LogP contribution in [0.1, 0.15) is 27.2 Å². The first-order chi connectivity index (χ1) is 11.0. The standard InChI is InChI=1S/C15H19ClFNO5S/c1-15(2,3)23-14(19)18-11(6-7-24(16,20)21)9-22-13-5-4-10(17)8-12(13)18/h4-5,8,11H,6-7,9H2,1-3H3. The van der Waals surface area contributed by atoms with Crippen molar-refractivity contribution < 1.29 is 27.1 Å². The third-order valence-electron chi connectivity index (χ3n) is 3.26. The van der Waals surface area contributed by atoms with Gasteiger partial charge in [-0.2, -0.15) is 0 Å². The predicted octanol–water partition coefficient (Wildman–Crippen LogP) is 3.29. The Labute approximate surface area is 144 Å². The molecule has 0 fully saturated rings. The van der Waals surface area contributed by atoms with Crippen molar-refractivity contribution in [3.8, 4) is 5.75 Å².